The fourth-order valence-corrected chi connectivity index (χ4v) is 5.10. The number of hydrogen-bond acceptors (Lipinski definition) is 4. The van der Waals surface area contributed by atoms with Gasteiger partial charge in [-0.2, -0.15) is 0 Å². The largest absolute Gasteiger partial charge is 0.339 e. The number of carbonyl (C=O) groups excluding carboxylic acids is 2. The maximum absolute atomic E-state index is 13.2. The number of piperazine rings is 1. The van der Waals surface area contributed by atoms with Crippen LogP contribution >= 0.6 is 11.3 Å². The maximum atomic E-state index is 13.2. The van der Waals surface area contributed by atoms with Gasteiger partial charge in [-0.1, -0.05) is 36.8 Å². The summed E-state index contributed by atoms with van der Waals surface area (Å²) in [6.45, 7) is 5.99. The molecule has 1 aromatic heterocycles. The zero-order valence-electron chi connectivity index (χ0n) is 17.0. The van der Waals surface area contributed by atoms with Crippen LogP contribution in [0.25, 0.3) is 10.4 Å². The van der Waals surface area contributed by atoms with Gasteiger partial charge in [0.25, 0.3) is 0 Å². The van der Waals surface area contributed by atoms with E-state index in [0.717, 1.165) is 32.4 Å². The van der Waals surface area contributed by atoms with Crippen LogP contribution in [0.4, 0.5) is 0 Å². The van der Waals surface area contributed by atoms with Crippen LogP contribution in [-0.4, -0.2) is 65.3 Å². The SMILES string of the molecule is CC(=O)N1CCN(C(=O)C2CCCCN2Cc2ccc(-c3cccs3)cc2)CC1. The van der Waals surface area contributed by atoms with Gasteiger partial charge in [-0.05, 0) is 42.0 Å². The van der Waals surface area contributed by atoms with Crippen molar-refractivity contribution < 1.29 is 9.59 Å². The van der Waals surface area contributed by atoms with Crippen LogP contribution in [0, 0.1) is 0 Å². The molecule has 154 valence electrons. The van der Waals surface area contributed by atoms with Crippen molar-refractivity contribution in [3.8, 4) is 10.4 Å². The highest BCUT2D eigenvalue weighted by Crippen LogP contribution is 2.26. The van der Waals surface area contributed by atoms with E-state index in [0.29, 0.717) is 26.2 Å². The Balaban J connectivity index is 1.40. The molecule has 0 saturated carbocycles. The molecule has 2 aliphatic heterocycles. The molecule has 5 nitrogen and oxygen atoms in total. The van der Waals surface area contributed by atoms with E-state index in [1.54, 1.807) is 18.3 Å². The molecule has 4 rings (SSSR count). The van der Waals surface area contributed by atoms with E-state index >= 15 is 0 Å². The Morgan fingerprint density at radius 1 is 0.966 bits per heavy atom. The zero-order valence-corrected chi connectivity index (χ0v) is 17.9. The zero-order chi connectivity index (χ0) is 20.2. The Labute approximate surface area is 176 Å². The lowest BCUT2D eigenvalue weighted by atomic mass is 9.99. The Kier molecular flexibility index (Phi) is 6.31. The predicted molar refractivity (Wildman–Crippen MR) is 117 cm³/mol. The second-order valence-corrected chi connectivity index (χ2v) is 8.94. The van der Waals surface area contributed by atoms with Crippen molar-refractivity contribution >= 4 is 23.2 Å². The van der Waals surface area contributed by atoms with Crippen molar-refractivity contribution in [2.45, 2.75) is 38.8 Å². The van der Waals surface area contributed by atoms with Crippen LogP contribution in [0.15, 0.2) is 41.8 Å². The molecule has 1 unspecified atom stereocenters. The second kappa shape index (κ2) is 9.09. The van der Waals surface area contributed by atoms with E-state index in [-0.39, 0.29) is 17.9 Å². The molecule has 0 N–H and O–H groups in total. The summed E-state index contributed by atoms with van der Waals surface area (Å²) in [6, 6.07) is 12.9. The topological polar surface area (TPSA) is 43.9 Å². The monoisotopic (exact) mass is 411 g/mol. The number of thiophene rings is 1. The third-order valence-corrected chi connectivity index (χ3v) is 7.00. The number of carbonyl (C=O) groups is 2. The molecule has 2 saturated heterocycles. The average molecular weight is 412 g/mol. The van der Waals surface area contributed by atoms with E-state index in [2.05, 4.69) is 46.7 Å². The van der Waals surface area contributed by atoms with Gasteiger partial charge in [0, 0.05) is 44.5 Å². The molecule has 2 fully saturated rings. The van der Waals surface area contributed by atoms with Crippen molar-refractivity contribution in [3.63, 3.8) is 0 Å². The summed E-state index contributed by atoms with van der Waals surface area (Å²) in [5, 5.41) is 2.10. The summed E-state index contributed by atoms with van der Waals surface area (Å²) in [4.78, 5) is 32.2. The van der Waals surface area contributed by atoms with Crippen LogP contribution in [0.2, 0.25) is 0 Å². The van der Waals surface area contributed by atoms with Crippen LogP contribution in [0.5, 0.6) is 0 Å². The third-order valence-electron chi connectivity index (χ3n) is 6.08. The molecular weight excluding hydrogens is 382 g/mol. The van der Waals surface area contributed by atoms with Gasteiger partial charge in [-0.3, -0.25) is 14.5 Å². The number of amides is 2. The Morgan fingerprint density at radius 2 is 1.69 bits per heavy atom. The molecule has 6 heteroatoms. The molecular formula is C23H29N3O2S. The number of likely N-dealkylation sites (tertiary alicyclic amines) is 1. The van der Waals surface area contributed by atoms with E-state index in [4.69, 9.17) is 0 Å². The van der Waals surface area contributed by atoms with Gasteiger partial charge in [0.05, 0.1) is 6.04 Å². The molecule has 0 radical (unpaired) electrons. The molecule has 2 amide bonds. The molecule has 2 aliphatic rings. The van der Waals surface area contributed by atoms with Gasteiger partial charge < -0.3 is 9.80 Å². The molecule has 1 atom stereocenters. The van der Waals surface area contributed by atoms with Crippen molar-refractivity contribution in [1.29, 1.82) is 0 Å². The molecule has 0 bridgehead atoms. The van der Waals surface area contributed by atoms with Crippen molar-refractivity contribution in [3.05, 3.63) is 47.3 Å². The summed E-state index contributed by atoms with van der Waals surface area (Å²) in [7, 11) is 0. The lowest BCUT2D eigenvalue weighted by Crippen LogP contribution is -2.56. The number of nitrogens with zero attached hydrogens (tertiary/aromatic N) is 3. The van der Waals surface area contributed by atoms with Crippen molar-refractivity contribution in [2.24, 2.45) is 0 Å². The molecule has 29 heavy (non-hydrogen) atoms. The lowest BCUT2D eigenvalue weighted by molar-refractivity contribution is -0.143. The smallest absolute Gasteiger partial charge is 0.240 e. The highest BCUT2D eigenvalue weighted by Gasteiger charge is 2.33. The molecule has 0 aliphatic carbocycles. The molecule has 1 aromatic carbocycles. The minimum absolute atomic E-state index is 0.0374. The van der Waals surface area contributed by atoms with E-state index < -0.39 is 0 Å². The lowest BCUT2D eigenvalue weighted by Gasteiger charge is -2.40. The van der Waals surface area contributed by atoms with Gasteiger partial charge in [0.2, 0.25) is 11.8 Å². The Hall–Kier alpha value is -2.18. The summed E-state index contributed by atoms with van der Waals surface area (Å²) in [5.74, 6) is 0.338. The fourth-order valence-electron chi connectivity index (χ4n) is 4.36. The van der Waals surface area contributed by atoms with Gasteiger partial charge in [0.15, 0.2) is 0 Å². The summed E-state index contributed by atoms with van der Waals surface area (Å²) in [6.07, 6.45) is 3.19. The number of piperidine rings is 1. The predicted octanol–water partition coefficient (Wildman–Crippen LogP) is 3.46. The molecule has 3 heterocycles. The molecule has 2 aromatic rings. The first-order valence-electron chi connectivity index (χ1n) is 10.5. The summed E-state index contributed by atoms with van der Waals surface area (Å²) < 4.78 is 0. The average Bonchev–Trinajstić information content (AvgIpc) is 3.29. The first-order chi connectivity index (χ1) is 14.1. The van der Waals surface area contributed by atoms with Gasteiger partial charge in [-0.25, -0.2) is 0 Å². The number of rotatable bonds is 4. The fraction of sp³-hybridized carbons (Fsp3) is 0.478. The standard InChI is InChI=1S/C23H29N3O2S/c1-18(27)24-12-14-25(15-13-24)23(28)21-5-2-3-11-26(21)17-19-7-9-20(10-8-19)22-6-4-16-29-22/h4,6-10,16,21H,2-3,5,11-15,17H2,1H3. The van der Waals surface area contributed by atoms with Crippen LogP contribution in [0.1, 0.15) is 31.7 Å². The Bertz CT molecular complexity index is 826. The van der Waals surface area contributed by atoms with Gasteiger partial charge in [-0.15, -0.1) is 11.3 Å². The second-order valence-electron chi connectivity index (χ2n) is 7.99. The normalized spacial score (nSPS) is 20.7. The highest BCUT2D eigenvalue weighted by atomic mass is 32.1. The van der Waals surface area contributed by atoms with Crippen LogP contribution in [0.3, 0.4) is 0 Å². The van der Waals surface area contributed by atoms with Crippen LogP contribution in [-0.2, 0) is 16.1 Å². The van der Waals surface area contributed by atoms with Gasteiger partial charge >= 0.3 is 0 Å². The summed E-state index contributed by atoms with van der Waals surface area (Å²) in [5.41, 5.74) is 2.50. The molecule has 0 spiro atoms. The third kappa shape index (κ3) is 4.70. The quantitative estimate of drug-likeness (QED) is 0.774. The first-order valence-corrected chi connectivity index (χ1v) is 11.4. The van der Waals surface area contributed by atoms with E-state index in [1.807, 2.05) is 9.80 Å². The van der Waals surface area contributed by atoms with E-state index in [1.165, 1.54) is 16.0 Å². The maximum Gasteiger partial charge on any atom is 0.240 e. The Morgan fingerprint density at radius 3 is 2.34 bits per heavy atom. The minimum Gasteiger partial charge on any atom is -0.339 e. The van der Waals surface area contributed by atoms with Crippen molar-refractivity contribution in [2.75, 3.05) is 32.7 Å². The van der Waals surface area contributed by atoms with Crippen molar-refractivity contribution in [1.82, 2.24) is 14.7 Å². The summed E-state index contributed by atoms with van der Waals surface area (Å²) >= 11 is 1.75. The van der Waals surface area contributed by atoms with Gasteiger partial charge in [0.1, 0.15) is 0 Å². The number of hydrogen-bond donors (Lipinski definition) is 0. The first kappa shape index (κ1) is 20.1. The highest BCUT2D eigenvalue weighted by molar-refractivity contribution is 7.13. The minimum atomic E-state index is -0.0374. The van der Waals surface area contributed by atoms with Crippen LogP contribution < -0.4 is 0 Å². The number of benzene rings is 1. The van der Waals surface area contributed by atoms with E-state index in [9.17, 15) is 9.59 Å².